The summed E-state index contributed by atoms with van der Waals surface area (Å²) in [6.07, 6.45) is 6.87. The van der Waals surface area contributed by atoms with Gasteiger partial charge in [-0.1, -0.05) is 42.0 Å². The number of carbonyl (C=O) groups is 1. The smallest absolute Gasteiger partial charge is 0.178 e. The van der Waals surface area contributed by atoms with Crippen molar-refractivity contribution in [2.45, 2.75) is 6.92 Å². The number of halogens is 3. The van der Waals surface area contributed by atoms with E-state index in [1.54, 1.807) is 55.8 Å². The molecule has 3 rings (SSSR count). The molecule has 1 atom stereocenters. The van der Waals surface area contributed by atoms with Gasteiger partial charge in [-0.05, 0) is 31.2 Å². The van der Waals surface area contributed by atoms with Crippen LogP contribution in [0.3, 0.4) is 0 Å². The summed E-state index contributed by atoms with van der Waals surface area (Å²) in [5, 5.41) is 3.35. The number of allylic oxidation sites excluding steroid dienone is 4. The monoisotopic (exact) mass is 358 g/mol. The molecule has 2 nitrogen and oxygen atoms in total. The van der Waals surface area contributed by atoms with Gasteiger partial charge in [0.25, 0.3) is 0 Å². The SMILES string of the molecule is CC1(C(=O)c2ccccc2Nc2ccc(F)cc2F)C=C[CH]C(Cl)=C1. The summed E-state index contributed by atoms with van der Waals surface area (Å²) in [6.45, 7) is 1.76. The molecule has 0 saturated carbocycles. The van der Waals surface area contributed by atoms with Crippen molar-refractivity contribution in [2.75, 3.05) is 5.32 Å². The van der Waals surface area contributed by atoms with E-state index in [4.69, 9.17) is 11.6 Å². The van der Waals surface area contributed by atoms with Crippen molar-refractivity contribution in [3.8, 4) is 0 Å². The number of rotatable bonds is 4. The minimum Gasteiger partial charge on any atom is -0.353 e. The van der Waals surface area contributed by atoms with Gasteiger partial charge < -0.3 is 5.32 Å². The van der Waals surface area contributed by atoms with E-state index in [2.05, 4.69) is 5.32 Å². The van der Waals surface area contributed by atoms with Gasteiger partial charge in [-0.15, -0.1) is 0 Å². The fraction of sp³-hybridized carbons (Fsp3) is 0.100. The molecule has 1 unspecified atom stereocenters. The van der Waals surface area contributed by atoms with Crippen LogP contribution in [-0.4, -0.2) is 5.78 Å². The zero-order valence-electron chi connectivity index (χ0n) is 13.4. The first-order valence-electron chi connectivity index (χ1n) is 7.66. The number of benzene rings is 2. The Morgan fingerprint density at radius 3 is 2.60 bits per heavy atom. The Kier molecular flexibility index (Phi) is 4.73. The molecule has 1 aliphatic carbocycles. The van der Waals surface area contributed by atoms with Crippen molar-refractivity contribution in [3.05, 3.63) is 89.3 Å². The highest BCUT2D eigenvalue weighted by Gasteiger charge is 2.32. The third-order valence-corrected chi connectivity index (χ3v) is 4.23. The van der Waals surface area contributed by atoms with Crippen LogP contribution < -0.4 is 5.32 Å². The number of hydrogen-bond acceptors (Lipinski definition) is 2. The highest BCUT2D eigenvalue weighted by molar-refractivity contribution is 6.31. The van der Waals surface area contributed by atoms with E-state index in [0.29, 0.717) is 16.3 Å². The summed E-state index contributed by atoms with van der Waals surface area (Å²) in [7, 11) is 0. The van der Waals surface area contributed by atoms with Crippen LogP contribution >= 0.6 is 11.6 Å². The summed E-state index contributed by atoms with van der Waals surface area (Å²) in [5.41, 5.74) is 0.0194. The zero-order valence-corrected chi connectivity index (χ0v) is 14.1. The van der Waals surface area contributed by atoms with Crippen LogP contribution in [0.2, 0.25) is 0 Å². The lowest BCUT2D eigenvalue weighted by Crippen LogP contribution is -2.26. The standard InChI is InChI=1S/C20H15ClF2NO/c1-20(10-4-5-13(21)12-20)19(25)15-6-2-3-7-17(15)24-18-9-8-14(22)11-16(18)23/h2-12,24H,1H3. The number of carbonyl (C=O) groups excluding carboxylic acids is 1. The Labute approximate surface area is 149 Å². The summed E-state index contributed by atoms with van der Waals surface area (Å²) in [4.78, 5) is 13.1. The molecule has 0 aromatic heterocycles. The predicted octanol–water partition coefficient (Wildman–Crippen LogP) is 5.79. The van der Waals surface area contributed by atoms with Gasteiger partial charge in [0.05, 0.1) is 11.1 Å². The molecule has 0 heterocycles. The first kappa shape index (κ1) is 17.4. The van der Waals surface area contributed by atoms with Crippen molar-refractivity contribution < 1.29 is 13.6 Å². The van der Waals surface area contributed by atoms with Gasteiger partial charge >= 0.3 is 0 Å². The topological polar surface area (TPSA) is 29.1 Å². The third-order valence-electron chi connectivity index (χ3n) is 4.00. The van der Waals surface area contributed by atoms with Crippen LogP contribution in [-0.2, 0) is 0 Å². The molecule has 1 aliphatic rings. The second-order valence-electron chi connectivity index (χ2n) is 5.96. The molecule has 2 aromatic carbocycles. The minimum absolute atomic E-state index is 0.0906. The largest absolute Gasteiger partial charge is 0.353 e. The molecule has 0 amide bonds. The summed E-state index contributed by atoms with van der Waals surface area (Å²) < 4.78 is 27.0. The van der Waals surface area contributed by atoms with Crippen LogP contribution in [0.4, 0.5) is 20.2 Å². The van der Waals surface area contributed by atoms with Crippen LogP contribution in [0.5, 0.6) is 0 Å². The Bertz CT molecular complexity index is 891. The molecule has 0 fully saturated rings. The van der Waals surface area contributed by atoms with Gasteiger partial charge in [-0.25, -0.2) is 8.78 Å². The van der Waals surface area contributed by atoms with Crippen LogP contribution in [0, 0.1) is 23.5 Å². The van der Waals surface area contributed by atoms with Crippen molar-refractivity contribution in [1.29, 1.82) is 0 Å². The second-order valence-corrected chi connectivity index (χ2v) is 6.40. The number of nitrogens with one attached hydrogen (secondary N) is 1. The maximum absolute atomic E-state index is 13.9. The number of anilines is 2. The Balaban J connectivity index is 1.97. The zero-order chi connectivity index (χ0) is 18.0. The predicted molar refractivity (Wildman–Crippen MR) is 95.9 cm³/mol. The molecule has 0 spiro atoms. The summed E-state index contributed by atoms with van der Waals surface area (Å²) >= 11 is 6.04. The molecule has 1 radical (unpaired) electrons. The molecule has 0 saturated heterocycles. The van der Waals surface area contributed by atoms with Gasteiger partial charge in [0.2, 0.25) is 0 Å². The van der Waals surface area contributed by atoms with E-state index in [9.17, 15) is 13.6 Å². The second kappa shape index (κ2) is 6.81. The number of hydrogen-bond donors (Lipinski definition) is 1. The molecular weight excluding hydrogens is 344 g/mol. The highest BCUT2D eigenvalue weighted by Crippen LogP contribution is 2.35. The van der Waals surface area contributed by atoms with Gasteiger partial charge in [0, 0.05) is 28.8 Å². The molecule has 25 heavy (non-hydrogen) atoms. The highest BCUT2D eigenvalue weighted by atomic mass is 35.5. The summed E-state index contributed by atoms with van der Waals surface area (Å²) in [6, 6.07) is 10.0. The fourth-order valence-electron chi connectivity index (χ4n) is 2.68. The maximum atomic E-state index is 13.9. The molecule has 0 aliphatic heterocycles. The average Bonchev–Trinajstić information content (AvgIpc) is 2.57. The Morgan fingerprint density at radius 1 is 1.12 bits per heavy atom. The molecule has 1 N–H and O–H groups in total. The maximum Gasteiger partial charge on any atom is 0.178 e. The van der Waals surface area contributed by atoms with Crippen molar-refractivity contribution in [2.24, 2.45) is 5.41 Å². The lowest BCUT2D eigenvalue weighted by Gasteiger charge is -2.25. The fourth-order valence-corrected chi connectivity index (χ4v) is 2.98. The lowest BCUT2D eigenvalue weighted by molar-refractivity contribution is 0.0908. The Morgan fingerprint density at radius 2 is 1.88 bits per heavy atom. The van der Waals surface area contributed by atoms with E-state index >= 15 is 0 Å². The minimum atomic E-state index is -0.898. The van der Waals surface area contributed by atoms with Crippen LogP contribution in [0.25, 0.3) is 0 Å². The van der Waals surface area contributed by atoms with Crippen molar-refractivity contribution in [3.63, 3.8) is 0 Å². The molecule has 0 bridgehead atoms. The first-order valence-corrected chi connectivity index (χ1v) is 8.04. The van der Waals surface area contributed by atoms with E-state index in [1.807, 2.05) is 0 Å². The van der Waals surface area contributed by atoms with Gasteiger partial charge in [0.1, 0.15) is 11.6 Å². The van der Waals surface area contributed by atoms with Crippen molar-refractivity contribution >= 4 is 28.8 Å². The Hall–Kier alpha value is -2.46. The van der Waals surface area contributed by atoms with Gasteiger partial charge in [0.15, 0.2) is 5.78 Å². The van der Waals surface area contributed by atoms with Crippen LogP contribution in [0.1, 0.15) is 17.3 Å². The van der Waals surface area contributed by atoms with E-state index in [-0.39, 0.29) is 11.5 Å². The lowest BCUT2D eigenvalue weighted by atomic mass is 9.79. The number of Topliss-reactive ketones (excluding diaryl/α,β-unsaturated/α-hetero) is 1. The summed E-state index contributed by atoms with van der Waals surface area (Å²) in [5.74, 6) is -1.58. The molecule has 5 heteroatoms. The third kappa shape index (κ3) is 3.64. The quantitative estimate of drug-likeness (QED) is 0.700. The van der Waals surface area contributed by atoms with Gasteiger partial charge in [-0.3, -0.25) is 4.79 Å². The van der Waals surface area contributed by atoms with Gasteiger partial charge in [-0.2, -0.15) is 0 Å². The molecule has 2 aromatic rings. The number of para-hydroxylation sites is 1. The van der Waals surface area contributed by atoms with E-state index in [0.717, 1.165) is 12.1 Å². The molecular formula is C20H15ClF2NO. The first-order chi connectivity index (χ1) is 11.9. The van der Waals surface area contributed by atoms with E-state index in [1.165, 1.54) is 6.07 Å². The van der Waals surface area contributed by atoms with E-state index < -0.39 is 17.0 Å². The normalized spacial score (nSPS) is 19.4. The van der Waals surface area contributed by atoms with Crippen LogP contribution in [0.15, 0.2) is 65.7 Å². The van der Waals surface area contributed by atoms with Crippen molar-refractivity contribution in [1.82, 2.24) is 0 Å². The average molecular weight is 359 g/mol. The number of ketones is 1. The molecule has 127 valence electrons.